The molecule has 1 aliphatic carbocycles. The average molecular weight is 1250 g/mol. The first-order valence-electron chi connectivity index (χ1n) is 36.2. The summed E-state index contributed by atoms with van der Waals surface area (Å²) in [6.45, 7) is 6.96. The quantitative estimate of drug-likeness (QED) is 0.0327. The highest BCUT2D eigenvalue weighted by molar-refractivity contribution is 5.88. The molecule has 0 radical (unpaired) electrons. The van der Waals surface area contributed by atoms with Crippen LogP contribution in [-0.2, 0) is 11.8 Å². The molecule has 2 heteroatoms. The number of unbranched alkanes of at least 4 members (excludes halogenated alkanes) is 11. The van der Waals surface area contributed by atoms with E-state index in [2.05, 4.69) is 334 Å². The third-order valence-electron chi connectivity index (χ3n) is 20.3. The second-order valence-corrected chi connectivity index (χ2v) is 26.9. The third kappa shape index (κ3) is 14.9. The predicted molar refractivity (Wildman–Crippen MR) is 412 cm³/mol. The molecular weight excluding hydrogens is 1160 g/mol. The van der Waals surface area contributed by atoms with Gasteiger partial charge < -0.3 is 9.80 Å². The van der Waals surface area contributed by atoms with E-state index in [9.17, 15) is 0 Å². The molecule has 0 bridgehead atoms. The number of aryl methyl sites for hydroxylation is 1. The lowest BCUT2D eigenvalue weighted by atomic mass is 9.70. The molecule has 0 N–H and O–H groups in total. The van der Waals surface area contributed by atoms with Gasteiger partial charge in [-0.2, -0.15) is 0 Å². The van der Waals surface area contributed by atoms with E-state index >= 15 is 0 Å². The predicted octanol–water partition coefficient (Wildman–Crippen LogP) is 27.6. The van der Waals surface area contributed by atoms with E-state index in [1.807, 2.05) is 0 Å². The van der Waals surface area contributed by atoms with Crippen molar-refractivity contribution in [2.45, 2.75) is 141 Å². The normalized spacial score (nSPS) is 12.2. The third-order valence-corrected chi connectivity index (χ3v) is 20.3. The van der Waals surface area contributed by atoms with Gasteiger partial charge in [-0.1, -0.05) is 323 Å². The molecular formula is C94H94N2. The lowest BCUT2D eigenvalue weighted by Gasteiger charge is -2.34. The summed E-state index contributed by atoms with van der Waals surface area (Å²) >= 11 is 0. The van der Waals surface area contributed by atoms with E-state index < -0.39 is 0 Å². The minimum atomic E-state index is -0.0111. The SMILES string of the molecule is CCCCCCCCc1ccc(N(c2cccc(-c3cccc(-c4cccc(C(c5ccccc5)c5ccccc5)c4)c3)c2)c2cccc(-c3cccc(-c4cccc(N(c5ccccc5)c5ccc6c(c5)C(CCCCCC)(CCCCCC)c5ccccc5-6)c4)c3)c2)cc1. The van der Waals surface area contributed by atoms with Crippen molar-refractivity contribution >= 4 is 34.1 Å². The highest BCUT2D eigenvalue weighted by Crippen LogP contribution is 2.56. The second kappa shape index (κ2) is 31.7. The number of benzene rings is 12. The van der Waals surface area contributed by atoms with Crippen LogP contribution in [0.2, 0.25) is 0 Å². The maximum atomic E-state index is 2.58. The number of fused-ring (bicyclic) bond motifs is 3. The molecule has 2 nitrogen and oxygen atoms in total. The molecule has 480 valence electrons. The Morgan fingerprint density at radius 1 is 0.250 bits per heavy atom. The summed E-state index contributed by atoms with van der Waals surface area (Å²) in [5.41, 5.74) is 27.4. The summed E-state index contributed by atoms with van der Waals surface area (Å²) in [4.78, 5) is 4.95. The van der Waals surface area contributed by atoms with Gasteiger partial charge in [0.05, 0.1) is 0 Å². The largest absolute Gasteiger partial charge is 0.310 e. The molecule has 0 aliphatic heterocycles. The van der Waals surface area contributed by atoms with Gasteiger partial charge in [-0.3, -0.25) is 0 Å². The molecule has 0 amide bonds. The highest BCUT2D eigenvalue weighted by Gasteiger charge is 2.42. The maximum Gasteiger partial charge on any atom is 0.0467 e. The molecule has 13 rings (SSSR count). The van der Waals surface area contributed by atoms with Gasteiger partial charge in [-0.25, -0.2) is 0 Å². The molecule has 12 aromatic rings. The molecule has 0 saturated carbocycles. The Balaban J connectivity index is 0.829. The second-order valence-electron chi connectivity index (χ2n) is 26.9. The smallest absolute Gasteiger partial charge is 0.0467 e. The number of rotatable bonds is 30. The van der Waals surface area contributed by atoms with Crippen molar-refractivity contribution in [2.75, 3.05) is 9.80 Å². The maximum absolute atomic E-state index is 2.58. The zero-order chi connectivity index (χ0) is 65.3. The van der Waals surface area contributed by atoms with Crippen LogP contribution >= 0.6 is 0 Å². The Kier molecular flexibility index (Phi) is 21.4. The Morgan fingerprint density at radius 3 is 1.11 bits per heavy atom. The van der Waals surface area contributed by atoms with Gasteiger partial charge in [0.2, 0.25) is 0 Å². The van der Waals surface area contributed by atoms with Crippen LogP contribution in [0.3, 0.4) is 0 Å². The zero-order valence-corrected chi connectivity index (χ0v) is 56.9. The molecule has 0 fully saturated rings. The molecule has 0 saturated heterocycles. The van der Waals surface area contributed by atoms with Gasteiger partial charge in [0.1, 0.15) is 0 Å². The molecule has 0 aromatic heterocycles. The fourth-order valence-electron chi connectivity index (χ4n) is 15.3. The van der Waals surface area contributed by atoms with Gasteiger partial charge in [0, 0.05) is 45.5 Å². The van der Waals surface area contributed by atoms with Crippen molar-refractivity contribution in [3.63, 3.8) is 0 Å². The fourth-order valence-corrected chi connectivity index (χ4v) is 15.3. The van der Waals surface area contributed by atoms with Crippen LogP contribution < -0.4 is 9.80 Å². The van der Waals surface area contributed by atoms with Crippen LogP contribution in [0, 0.1) is 0 Å². The van der Waals surface area contributed by atoms with Crippen LogP contribution in [0.5, 0.6) is 0 Å². The number of anilines is 6. The number of para-hydroxylation sites is 1. The number of hydrogen-bond donors (Lipinski definition) is 0. The van der Waals surface area contributed by atoms with Crippen molar-refractivity contribution in [1.29, 1.82) is 0 Å². The van der Waals surface area contributed by atoms with Crippen LogP contribution in [0.4, 0.5) is 34.1 Å². The van der Waals surface area contributed by atoms with E-state index in [1.165, 1.54) is 197 Å². The Morgan fingerprint density at radius 2 is 0.604 bits per heavy atom. The van der Waals surface area contributed by atoms with E-state index in [0.717, 1.165) is 34.9 Å². The average Bonchev–Trinajstić information content (AvgIpc) is 1.56. The number of hydrogen-bond acceptors (Lipinski definition) is 2. The molecule has 0 unspecified atom stereocenters. The van der Waals surface area contributed by atoms with Crippen molar-refractivity contribution in [3.05, 3.63) is 337 Å². The monoisotopic (exact) mass is 1250 g/mol. The lowest BCUT2D eigenvalue weighted by Crippen LogP contribution is -2.26. The summed E-state index contributed by atoms with van der Waals surface area (Å²) < 4.78 is 0. The highest BCUT2D eigenvalue weighted by atomic mass is 15.1. The fraction of sp³-hybridized carbons (Fsp3) is 0.234. The molecule has 12 aromatic carbocycles. The first-order valence-corrected chi connectivity index (χ1v) is 36.2. The summed E-state index contributed by atoms with van der Waals surface area (Å²) in [6, 6.07) is 114. The van der Waals surface area contributed by atoms with Crippen LogP contribution in [0.25, 0.3) is 55.6 Å². The van der Waals surface area contributed by atoms with Crippen LogP contribution in [0.15, 0.2) is 303 Å². The minimum Gasteiger partial charge on any atom is -0.310 e. The summed E-state index contributed by atoms with van der Waals surface area (Å²) in [5.74, 6) is 0.122. The van der Waals surface area contributed by atoms with Gasteiger partial charge in [-0.05, 0) is 200 Å². The summed E-state index contributed by atoms with van der Waals surface area (Å²) in [5, 5.41) is 0. The molecule has 96 heavy (non-hydrogen) atoms. The van der Waals surface area contributed by atoms with Crippen molar-refractivity contribution in [2.24, 2.45) is 0 Å². The molecule has 0 spiro atoms. The van der Waals surface area contributed by atoms with Crippen molar-refractivity contribution < 1.29 is 0 Å². The molecule has 0 atom stereocenters. The zero-order valence-electron chi connectivity index (χ0n) is 56.9. The molecule has 0 heterocycles. The lowest BCUT2D eigenvalue weighted by molar-refractivity contribution is 0.401. The van der Waals surface area contributed by atoms with E-state index in [1.54, 1.807) is 0 Å². The van der Waals surface area contributed by atoms with E-state index in [0.29, 0.717) is 0 Å². The van der Waals surface area contributed by atoms with Gasteiger partial charge in [-0.15, -0.1) is 0 Å². The standard InChI is InChI=1S/C94H94N2/c1-4-7-10-13-14-18-35-71-56-58-84(59-57-71)96(86-52-33-46-80(68-86)75-41-29-40-74(64-75)78-44-31-48-82(66-78)93(72-36-19-15-20-37-72)73-38-21-16-22-39-73)87-53-34-47-81(69-87)77-43-30-42-76(65-77)79-45-32-51-85(67-79)95(83-49-23-17-24-50-83)88-60-61-90-89-54-25-26-55-91(89)94(92(90)70-88,62-27-11-8-5-2)63-28-12-9-6-3/h15-17,19-26,29-34,36-61,64-70,93H,4-14,18,27-28,35,62-63H2,1-3H3. The van der Waals surface area contributed by atoms with Gasteiger partial charge in [0.15, 0.2) is 0 Å². The topological polar surface area (TPSA) is 6.48 Å². The van der Waals surface area contributed by atoms with Crippen LogP contribution in [-0.4, -0.2) is 0 Å². The van der Waals surface area contributed by atoms with E-state index in [4.69, 9.17) is 0 Å². The Labute approximate surface area is 574 Å². The summed E-state index contributed by atoms with van der Waals surface area (Å²) in [7, 11) is 0. The van der Waals surface area contributed by atoms with Gasteiger partial charge in [0.25, 0.3) is 0 Å². The first-order chi connectivity index (χ1) is 47.5. The van der Waals surface area contributed by atoms with Crippen molar-refractivity contribution in [3.8, 4) is 55.6 Å². The van der Waals surface area contributed by atoms with Crippen molar-refractivity contribution in [1.82, 2.24) is 0 Å². The minimum absolute atomic E-state index is 0.0111. The molecule has 1 aliphatic rings. The number of nitrogens with zero attached hydrogens (tertiary/aromatic N) is 2. The van der Waals surface area contributed by atoms with Gasteiger partial charge >= 0.3 is 0 Å². The van der Waals surface area contributed by atoms with E-state index in [-0.39, 0.29) is 11.3 Å². The first kappa shape index (κ1) is 64.9. The Hall–Kier alpha value is -9.76. The van der Waals surface area contributed by atoms with Crippen LogP contribution in [0.1, 0.15) is 163 Å². The Bertz CT molecular complexity index is 4400. The summed E-state index contributed by atoms with van der Waals surface area (Å²) in [6.07, 6.45) is 21.3.